The number of carbonyl (C=O) groups is 3. The predicted molar refractivity (Wildman–Crippen MR) is 157 cm³/mol. The van der Waals surface area contributed by atoms with Crippen molar-refractivity contribution in [2.24, 2.45) is 33.1 Å². The maximum absolute atomic E-state index is 12.6. The number of hydrogen-bond acceptors (Lipinski definition) is 8. The van der Waals surface area contributed by atoms with Crippen molar-refractivity contribution >= 4 is 18.1 Å². The molecule has 0 aliphatic carbocycles. The fourth-order valence-electron chi connectivity index (χ4n) is 3.59. The number of carbonyl (C=O) groups excluding carboxylic acids is 3. The van der Waals surface area contributed by atoms with E-state index >= 15 is 0 Å². The van der Waals surface area contributed by atoms with Crippen LogP contribution in [0.2, 0.25) is 0 Å². The van der Waals surface area contributed by atoms with Gasteiger partial charge >= 0.3 is 0 Å². The normalized spacial score (nSPS) is 13.0. The Balaban J connectivity index is 4.28. The second-order valence-electron chi connectivity index (χ2n) is 13.7. The number of nitrogens with one attached hydrogen (secondary N) is 2. The van der Waals surface area contributed by atoms with Crippen molar-refractivity contribution < 1.29 is 23.9 Å². The summed E-state index contributed by atoms with van der Waals surface area (Å²) >= 11 is 0. The molecule has 0 aromatic rings. The van der Waals surface area contributed by atoms with E-state index < -0.39 is 5.41 Å². The summed E-state index contributed by atoms with van der Waals surface area (Å²) in [4.78, 5) is 38.2. The fourth-order valence-corrected chi connectivity index (χ4v) is 3.59. The van der Waals surface area contributed by atoms with Crippen LogP contribution in [0, 0.1) is 21.7 Å². The topological polar surface area (TPSA) is 149 Å². The molecule has 0 spiro atoms. The molecule has 0 saturated carbocycles. The smallest absolute Gasteiger partial charge is 0.227 e. The first-order valence-electron chi connectivity index (χ1n) is 14.3. The molecule has 0 radical (unpaired) electrons. The van der Waals surface area contributed by atoms with Gasteiger partial charge in [-0.1, -0.05) is 41.5 Å². The molecular formula is C29H59N5O5. The Kier molecular flexibility index (Phi) is 17.2. The highest BCUT2D eigenvalue weighted by molar-refractivity contribution is 5.81. The zero-order valence-electron chi connectivity index (χ0n) is 26.1. The summed E-state index contributed by atoms with van der Waals surface area (Å²) < 4.78 is 11.6. The summed E-state index contributed by atoms with van der Waals surface area (Å²) in [6, 6.07) is 0. The highest BCUT2D eigenvalue weighted by atomic mass is 16.5. The number of rotatable bonds is 23. The molecule has 0 atom stereocenters. The van der Waals surface area contributed by atoms with E-state index in [1.54, 1.807) is 0 Å². The lowest BCUT2D eigenvalue weighted by atomic mass is 9.89. The summed E-state index contributed by atoms with van der Waals surface area (Å²) in [5, 5.41) is 5.96. The van der Waals surface area contributed by atoms with Gasteiger partial charge < -0.3 is 36.4 Å². The Bertz CT molecular complexity index is 725. The van der Waals surface area contributed by atoms with Gasteiger partial charge in [-0.15, -0.1) is 0 Å². The number of ether oxygens (including phenoxy) is 2. The summed E-state index contributed by atoms with van der Waals surface area (Å²) in [5.74, 6) is -0.0707. The SMILES string of the molecule is CC(C)(CN)COCC(C)(C)CC(=O)NCCCN(CC=O)CCCNC(=O)C(C)(C)COCC(C)(C)CN. The van der Waals surface area contributed by atoms with E-state index in [1.165, 1.54) is 0 Å². The second kappa shape index (κ2) is 18.0. The standard InChI is InChI=1S/C29H59N5O5/c1-26(2,20-38-21-27(3,4)18-30)17-24(36)32-11-9-13-34(15-16-35)14-10-12-33-25(37)29(7,8)23-39-22-28(5,6)19-31/h16H,9-15,17-23,30-31H2,1-8H3,(H,32,36)(H,33,37). The van der Waals surface area contributed by atoms with Crippen molar-refractivity contribution in [2.75, 3.05) is 72.2 Å². The Labute approximate surface area is 237 Å². The third kappa shape index (κ3) is 18.4. The molecule has 230 valence electrons. The van der Waals surface area contributed by atoms with Crippen LogP contribution in [-0.2, 0) is 23.9 Å². The summed E-state index contributed by atoms with van der Waals surface area (Å²) in [5.41, 5.74) is 10.4. The molecule has 0 bridgehead atoms. The quantitative estimate of drug-likeness (QED) is 0.110. The van der Waals surface area contributed by atoms with Gasteiger partial charge in [-0.2, -0.15) is 0 Å². The molecule has 2 amide bonds. The fraction of sp³-hybridized carbons (Fsp3) is 0.897. The average Bonchev–Trinajstić information content (AvgIpc) is 2.83. The summed E-state index contributed by atoms with van der Waals surface area (Å²) in [7, 11) is 0. The second-order valence-corrected chi connectivity index (χ2v) is 13.7. The van der Waals surface area contributed by atoms with Gasteiger partial charge in [0.05, 0.1) is 38.4 Å². The van der Waals surface area contributed by atoms with Crippen molar-refractivity contribution in [1.29, 1.82) is 0 Å². The molecule has 0 aromatic carbocycles. The number of hydrogen-bond donors (Lipinski definition) is 4. The van der Waals surface area contributed by atoms with Crippen LogP contribution in [-0.4, -0.2) is 95.2 Å². The Hall–Kier alpha value is -1.59. The van der Waals surface area contributed by atoms with Crippen molar-refractivity contribution in [2.45, 2.75) is 74.7 Å². The van der Waals surface area contributed by atoms with Crippen LogP contribution in [0.25, 0.3) is 0 Å². The van der Waals surface area contributed by atoms with Crippen molar-refractivity contribution in [3.63, 3.8) is 0 Å². The van der Waals surface area contributed by atoms with Crippen LogP contribution in [0.3, 0.4) is 0 Å². The minimum absolute atomic E-state index is 0.00970. The highest BCUT2D eigenvalue weighted by Crippen LogP contribution is 2.23. The van der Waals surface area contributed by atoms with E-state index in [4.69, 9.17) is 20.9 Å². The van der Waals surface area contributed by atoms with Gasteiger partial charge in [0.1, 0.15) is 6.29 Å². The number of aldehydes is 1. The molecule has 0 fully saturated rings. The molecule has 0 rings (SSSR count). The number of nitrogens with two attached hydrogens (primary N) is 2. The minimum Gasteiger partial charge on any atom is -0.380 e. The zero-order valence-corrected chi connectivity index (χ0v) is 26.1. The lowest BCUT2D eigenvalue weighted by Gasteiger charge is -2.28. The van der Waals surface area contributed by atoms with Crippen molar-refractivity contribution in [3.8, 4) is 0 Å². The lowest BCUT2D eigenvalue weighted by molar-refractivity contribution is -0.133. The van der Waals surface area contributed by atoms with E-state index in [9.17, 15) is 14.4 Å². The molecule has 0 aliphatic heterocycles. The zero-order chi connectivity index (χ0) is 30.2. The minimum atomic E-state index is -0.646. The maximum atomic E-state index is 12.6. The van der Waals surface area contributed by atoms with Crippen LogP contribution in [0.4, 0.5) is 0 Å². The monoisotopic (exact) mass is 557 g/mol. The van der Waals surface area contributed by atoms with E-state index in [1.807, 2.05) is 46.4 Å². The molecule has 39 heavy (non-hydrogen) atoms. The Morgan fingerprint density at radius 2 is 1.21 bits per heavy atom. The van der Waals surface area contributed by atoms with Gasteiger partial charge in [0.15, 0.2) is 0 Å². The van der Waals surface area contributed by atoms with Crippen LogP contribution in [0.1, 0.15) is 74.7 Å². The molecule has 0 heterocycles. The molecule has 10 heteroatoms. The highest BCUT2D eigenvalue weighted by Gasteiger charge is 2.29. The molecule has 0 saturated heterocycles. The number of amides is 2. The van der Waals surface area contributed by atoms with E-state index in [-0.39, 0.29) is 28.1 Å². The number of nitrogens with zero attached hydrogens (tertiary/aromatic N) is 1. The first-order chi connectivity index (χ1) is 18.0. The third-order valence-electron chi connectivity index (χ3n) is 6.54. The largest absolute Gasteiger partial charge is 0.380 e. The van der Waals surface area contributed by atoms with Gasteiger partial charge in [-0.3, -0.25) is 14.5 Å². The van der Waals surface area contributed by atoms with E-state index in [0.717, 1.165) is 19.1 Å². The van der Waals surface area contributed by atoms with Crippen LogP contribution in [0.15, 0.2) is 0 Å². The molecule has 0 aliphatic rings. The average molecular weight is 558 g/mol. The van der Waals surface area contributed by atoms with Crippen molar-refractivity contribution in [1.82, 2.24) is 15.5 Å². The van der Waals surface area contributed by atoms with Crippen LogP contribution >= 0.6 is 0 Å². The molecule has 10 nitrogen and oxygen atoms in total. The van der Waals surface area contributed by atoms with Gasteiger partial charge in [0.25, 0.3) is 0 Å². The van der Waals surface area contributed by atoms with E-state index in [2.05, 4.69) is 24.5 Å². The molecule has 0 aromatic heterocycles. The van der Waals surface area contributed by atoms with Crippen LogP contribution < -0.4 is 22.1 Å². The third-order valence-corrected chi connectivity index (χ3v) is 6.54. The predicted octanol–water partition coefficient (Wildman–Crippen LogP) is 1.95. The van der Waals surface area contributed by atoms with Gasteiger partial charge in [-0.25, -0.2) is 0 Å². The van der Waals surface area contributed by atoms with Crippen LogP contribution in [0.5, 0.6) is 0 Å². The van der Waals surface area contributed by atoms with Gasteiger partial charge in [0.2, 0.25) is 11.8 Å². The van der Waals surface area contributed by atoms with Crippen molar-refractivity contribution in [3.05, 3.63) is 0 Å². The lowest BCUT2D eigenvalue weighted by Crippen LogP contribution is -2.42. The summed E-state index contributed by atoms with van der Waals surface area (Å²) in [6.07, 6.45) is 2.71. The van der Waals surface area contributed by atoms with Gasteiger partial charge in [0, 0.05) is 43.4 Å². The molecule has 0 unspecified atom stereocenters. The molecule has 6 N–H and O–H groups in total. The maximum Gasteiger partial charge on any atom is 0.227 e. The Morgan fingerprint density at radius 3 is 1.69 bits per heavy atom. The molecular weight excluding hydrogens is 498 g/mol. The first kappa shape index (κ1) is 37.4. The first-order valence-corrected chi connectivity index (χ1v) is 14.3. The summed E-state index contributed by atoms with van der Waals surface area (Å²) in [6.45, 7) is 21.6. The van der Waals surface area contributed by atoms with E-state index in [0.29, 0.717) is 78.7 Å². The Morgan fingerprint density at radius 1 is 0.744 bits per heavy atom. The van der Waals surface area contributed by atoms with Gasteiger partial charge in [-0.05, 0) is 45.2 Å².